The Morgan fingerprint density at radius 2 is 1.20 bits per heavy atom. The first kappa shape index (κ1) is 17.1. The molecule has 0 aromatic heterocycles. The zero-order valence-electron chi connectivity index (χ0n) is 4.75. The van der Waals surface area contributed by atoms with Crippen molar-refractivity contribution in [2.45, 2.75) is 0 Å². The molecule has 7 nitrogen and oxygen atoms in total. The van der Waals surface area contributed by atoms with E-state index >= 15 is 0 Å². The van der Waals surface area contributed by atoms with Crippen molar-refractivity contribution in [2.24, 2.45) is 0 Å². The molecular weight excluding hydrogens is 178 g/mol. The van der Waals surface area contributed by atoms with E-state index in [0.717, 1.165) is 0 Å². The molecule has 0 saturated carbocycles. The van der Waals surface area contributed by atoms with Gasteiger partial charge in [0.1, 0.15) is 0 Å². The van der Waals surface area contributed by atoms with E-state index in [2.05, 4.69) is 0 Å². The average molecular weight is 182 g/mol. The Balaban J connectivity index is -0.0000000910. The van der Waals surface area contributed by atoms with Gasteiger partial charge in [-0.25, -0.2) is 4.57 Å². The van der Waals surface area contributed by atoms with Crippen molar-refractivity contribution in [3.8, 4) is 0 Å². The molecule has 0 aromatic rings. The number of hydrogen-bond acceptors (Lipinski definition) is 4. The quantitative estimate of drug-likeness (QED) is 0.218. The van der Waals surface area contributed by atoms with Crippen molar-refractivity contribution in [3.05, 3.63) is 0 Å². The van der Waals surface area contributed by atoms with E-state index in [-0.39, 0.29) is 23.1 Å². The minimum atomic E-state index is -4.64. The third-order valence-electron chi connectivity index (χ3n) is 0. The smallest absolute Gasteiger partial charge is 0.871 e. The second kappa shape index (κ2) is 7.92. The van der Waals surface area contributed by atoms with Crippen molar-refractivity contribution in [2.75, 3.05) is 0 Å². The fraction of sp³-hybridized carbons (Fsp3) is 0. The van der Waals surface area contributed by atoms with Gasteiger partial charge in [-0.05, 0) is 0 Å². The zero-order chi connectivity index (χ0) is 8.08. The Morgan fingerprint density at radius 1 is 1.20 bits per heavy atom. The number of phosphoric acid groups is 1. The first-order valence-corrected chi connectivity index (χ1v) is 3.08. The summed E-state index contributed by atoms with van der Waals surface area (Å²) in [6, 6.07) is 0. The molecule has 0 aliphatic carbocycles. The SMILES string of the molecule is O=P(O)(O)O.[Mg+2].[O-]B([O-])O. The van der Waals surface area contributed by atoms with Crippen molar-refractivity contribution >= 4 is 38.2 Å². The molecular formula is H4BMgO7P. The summed E-state index contributed by atoms with van der Waals surface area (Å²) in [4.78, 5) is 21.6. The monoisotopic (exact) mass is 182 g/mol. The third kappa shape index (κ3) is 800. The molecule has 0 aromatic carbocycles. The maximum Gasteiger partial charge on any atom is 2.00 e. The molecule has 0 heterocycles. The summed E-state index contributed by atoms with van der Waals surface area (Å²) >= 11 is 0. The summed E-state index contributed by atoms with van der Waals surface area (Å²) in [7, 11) is -7.31. The van der Waals surface area contributed by atoms with Crippen LogP contribution < -0.4 is 10.0 Å². The topological polar surface area (TPSA) is 144 Å². The molecule has 0 bridgehead atoms. The molecule has 0 fully saturated rings. The van der Waals surface area contributed by atoms with Gasteiger partial charge in [-0.15, -0.1) is 0 Å². The predicted octanol–water partition coefficient (Wildman–Crippen LogP) is -4.63. The van der Waals surface area contributed by atoms with Crippen LogP contribution in [0.25, 0.3) is 0 Å². The van der Waals surface area contributed by atoms with E-state index in [0.29, 0.717) is 0 Å². The minimum Gasteiger partial charge on any atom is -0.871 e. The fourth-order valence-electron chi connectivity index (χ4n) is 0. The molecule has 0 aliphatic rings. The summed E-state index contributed by atoms with van der Waals surface area (Å²) in [6.45, 7) is 0. The summed E-state index contributed by atoms with van der Waals surface area (Å²) in [5.74, 6) is 0. The molecule has 0 atom stereocenters. The van der Waals surface area contributed by atoms with Crippen LogP contribution in [0, 0.1) is 0 Å². The zero-order valence-corrected chi connectivity index (χ0v) is 7.05. The Morgan fingerprint density at radius 3 is 1.20 bits per heavy atom. The molecule has 0 rings (SSSR count). The van der Waals surface area contributed by atoms with Gasteiger partial charge in [0.25, 0.3) is 0 Å². The molecule has 10 heteroatoms. The molecule has 56 valence electrons. The Hall–Kier alpha value is 0.821. The maximum atomic E-state index is 8.88. The van der Waals surface area contributed by atoms with Crippen LogP contribution in [0.15, 0.2) is 0 Å². The molecule has 0 spiro atoms. The van der Waals surface area contributed by atoms with Gasteiger partial charge in [-0.2, -0.15) is 0 Å². The van der Waals surface area contributed by atoms with Crippen LogP contribution in [0.3, 0.4) is 0 Å². The Bertz CT molecular complexity index is 84.8. The van der Waals surface area contributed by atoms with Gasteiger partial charge in [-0.3, -0.25) is 0 Å². The van der Waals surface area contributed by atoms with Crippen molar-refractivity contribution < 1.29 is 34.3 Å². The van der Waals surface area contributed by atoms with Gasteiger partial charge in [0.05, 0.1) is 7.32 Å². The predicted molar refractivity (Wildman–Crippen MR) is 28.0 cm³/mol. The van der Waals surface area contributed by atoms with Crippen LogP contribution in [0.1, 0.15) is 0 Å². The first-order valence-electron chi connectivity index (χ1n) is 1.51. The molecule has 0 unspecified atom stereocenters. The fourth-order valence-corrected chi connectivity index (χ4v) is 0. The van der Waals surface area contributed by atoms with Gasteiger partial charge in [0, 0.05) is 0 Å². The van der Waals surface area contributed by atoms with E-state index in [1.807, 2.05) is 0 Å². The summed E-state index contributed by atoms with van der Waals surface area (Å²) in [6.07, 6.45) is 0. The molecule has 4 N–H and O–H groups in total. The Labute approximate surface area is 72.9 Å². The first-order chi connectivity index (χ1) is 3.73. The second-order valence-corrected chi connectivity index (χ2v) is 1.85. The van der Waals surface area contributed by atoms with Crippen LogP contribution in [0.2, 0.25) is 0 Å². The minimum absolute atomic E-state index is 0. The molecule has 0 aliphatic heterocycles. The van der Waals surface area contributed by atoms with Gasteiger partial charge in [0.2, 0.25) is 0 Å². The van der Waals surface area contributed by atoms with E-state index in [9.17, 15) is 0 Å². The second-order valence-electron chi connectivity index (χ2n) is 0.820. The maximum absolute atomic E-state index is 8.88. The van der Waals surface area contributed by atoms with Gasteiger partial charge >= 0.3 is 30.9 Å². The van der Waals surface area contributed by atoms with Gasteiger partial charge in [0.15, 0.2) is 0 Å². The van der Waals surface area contributed by atoms with Crippen LogP contribution in [0.4, 0.5) is 0 Å². The van der Waals surface area contributed by atoms with Crippen LogP contribution in [0.5, 0.6) is 0 Å². The Kier molecular flexibility index (Phi) is 13.5. The number of hydrogen-bond donors (Lipinski definition) is 4. The summed E-state index contributed by atoms with van der Waals surface area (Å²) in [5.41, 5.74) is 0. The third-order valence-corrected chi connectivity index (χ3v) is 0. The molecule has 0 amide bonds. The van der Waals surface area contributed by atoms with E-state index in [1.165, 1.54) is 0 Å². The number of rotatable bonds is 0. The molecule has 0 saturated heterocycles. The van der Waals surface area contributed by atoms with Crippen molar-refractivity contribution in [1.29, 1.82) is 0 Å². The van der Waals surface area contributed by atoms with Gasteiger partial charge < -0.3 is 29.8 Å². The molecule has 10 heavy (non-hydrogen) atoms. The average Bonchev–Trinajstić information content (AvgIpc) is 1.19. The van der Waals surface area contributed by atoms with Gasteiger partial charge in [-0.1, -0.05) is 0 Å². The van der Waals surface area contributed by atoms with E-state index < -0.39 is 15.1 Å². The van der Waals surface area contributed by atoms with Crippen molar-refractivity contribution in [1.82, 2.24) is 0 Å². The standard InChI is InChI=1S/BHO3.Mg.H3O4P/c2-1(3)4;;1-5(2,3)4/h2H;;(H3,1,2,3,4)/q-2;+2;. The van der Waals surface area contributed by atoms with Crippen LogP contribution >= 0.6 is 7.82 Å². The summed E-state index contributed by atoms with van der Waals surface area (Å²) < 4.78 is 8.88. The van der Waals surface area contributed by atoms with E-state index in [4.69, 9.17) is 34.3 Å². The normalized spacial score (nSPS) is 8.60. The largest absolute Gasteiger partial charge is 2.00 e. The van der Waals surface area contributed by atoms with E-state index in [1.54, 1.807) is 0 Å². The van der Waals surface area contributed by atoms with Crippen LogP contribution in [-0.2, 0) is 4.57 Å². The molecule has 0 radical (unpaired) electrons. The van der Waals surface area contributed by atoms with Crippen molar-refractivity contribution in [3.63, 3.8) is 0 Å². The van der Waals surface area contributed by atoms with Crippen LogP contribution in [-0.4, -0.2) is 50.1 Å². The summed E-state index contributed by atoms with van der Waals surface area (Å²) in [5, 5.41) is 24.0.